The van der Waals surface area contributed by atoms with E-state index in [1.807, 2.05) is 48.5 Å². The Bertz CT molecular complexity index is 1730. The van der Waals surface area contributed by atoms with Gasteiger partial charge in [-0.1, -0.05) is 57.3 Å². The summed E-state index contributed by atoms with van der Waals surface area (Å²) in [6, 6.07) is 19.9. The van der Waals surface area contributed by atoms with Crippen molar-refractivity contribution in [3.63, 3.8) is 0 Å². The molecule has 8 nitrogen and oxygen atoms in total. The SMILES string of the molecule is O=C(COc1ccc(Br)cc1-c1ccnn1-c1ccccc1)N/N=C/c1coc2c(Cl)cc(Cl)cc2c1=O. The molecule has 190 valence electrons. The van der Waals surface area contributed by atoms with Crippen molar-refractivity contribution < 1.29 is 13.9 Å². The van der Waals surface area contributed by atoms with Crippen molar-refractivity contribution >= 4 is 62.2 Å². The molecule has 1 amide bonds. The van der Waals surface area contributed by atoms with Gasteiger partial charge in [0.1, 0.15) is 12.0 Å². The van der Waals surface area contributed by atoms with Gasteiger partial charge in [-0.15, -0.1) is 0 Å². The average molecular weight is 612 g/mol. The first-order valence-electron chi connectivity index (χ1n) is 11.2. The van der Waals surface area contributed by atoms with Crippen molar-refractivity contribution in [2.24, 2.45) is 5.10 Å². The molecular weight excluding hydrogens is 595 g/mol. The second-order valence-electron chi connectivity index (χ2n) is 7.97. The van der Waals surface area contributed by atoms with E-state index in [0.717, 1.165) is 21.4 Å². The summed E-state index contributed by atoms with van der Waals surface area (Å²) in [4.78, 5) is 25.1. The quantitative estimate of drug-likeness (QED) is 0.173. The first-order chi connectivity index (χ1) is 18.4. The molecule has 0 spiro atoms. The Morgan fingerprint density at radius 2 is 1.95 bits per heavy atom. The van der Waals surface area contributed by atoms with Crippen molar-refractivity contribution in [3.05, 3.63) is 109 Å². The first-order valence-corrected chi connectivity index (χ1v) is 12.7. The maximum Gasteiger partial charge on any atom is 0.277 e. The van der Waals surface area contributed by atoms with E-state index >= 15 is 0 Å². The molecule has 2 heterocycles. The zero-order valence-electron chi connectivity index (χ0n) is 19.4. The highest BCUT2D eigenvalue weighted by Gasteiger charge is 2.15. The molecule has 3 aromatic carbocycles. The third-order valence-electron chi connectivity index (χ3n) is 5.43. The predicted molar refractivity (Wildman–Crippen MR) is 150 cm³/mol. The van der Waals surface area contributed by atoms with Gasteiger partial charge in [-0.05, 0) is 48.5 Å². The minimum Gasteiger partial charge on any atom is -0.483 e. The summed E-state index contributed by atoms with van der Waals surface area (Å²) in [6.45, 7) is -0.316. The van der Waals surface area contributed by atoms with Gasteiger partial charge >= 0.3 is 0 Å². The van der Waals surface area contributed by atoms with Crippen molar-refractivity contribution in [2.45, 2.75) is 0 Å². The number of carbonyl (C=O) groups excluding carboxylic acids is 1. The number of hydrazone groups is 1. The molecule has 2 aromatic heterocycles. The second-order valence-corrected chi connectivity index (χ2v) is 9.73. The number of aromatic nitrogens is 2. The monoisotopic (exact) mass is 610 g/mol. The molecule has 5 rings (SSSR count). The molecule has 0 radical (unpaired) electrons. The Kier molecular flexibility index (Phi) is 7.59. The van der Waals surface area contributed by atoms with E-state index < -0.39 is 5.91 Å². The lowest BCUT2D eigenvalue weighted by atomic mass is 10.1. The molecule has 1 N–H and O–H groups in total. The number of ether oxygens (including phenoxy) is 1. The van der Waals surface area contributed by atoms with E-state index in [1.165, 1.54) is 24.6 Å². The summed E-state index contributed by atoms with van der Waals surface area (Å²) < 4.78 is 13.9. The molecule has 0 unspecified atom stereocenters. The average Bonchev–Trinajstić information content (AvgIpc) is 3.40. The third kappa shape index (κ3) is 5.50. The van der Waals surface area contributed by atoms with Crippen molar-refractivity contribution in [1.82, 2.24) is 15.2 Å². The highest BCUT2D eigenvalue weighted by atomic mass is 79.9. The van der Waals surface area contributed by atoms with Gasteiger partial charge in [0.15, 0.2) is 12.2 Å². The number of halogens is 3. The van der Waals surface area contributed by atoms with Crippen molar-refractivity contribution in [3.8, 4) is 22.7 Å². The fourth-order valence-electron chi connectivity index (χ4n) is 3.73. The van der Waals surface area contributed by atoms with E-state index in [2.05, 4.69) is 31.6 Å². The molecule has 38 heavy (non-hydrogen) atoms. The Labute approximate surface area is 234 Å². The van der Waals surface area contributed by atoms with Crippen LogP contribution in [0.2, 0.25) is 10.0 Å². The zero-order chi connectivity index (χ0) is 26.6. The van der Waals surface area contributed by atoms with Gasteiger partial charge in [-0.2, -0.15) is 10.2 Å². The van der Waals surface area contributed by atoms with Gasteiger partial charge in [0.2, 0.25) is 5.43 Å². The third-order valence-corrected chi connectivity index (χ3v) is 6.42. The molecule has 0 bridgehead atoms. The lowest BCUT2D eigenvalue weighted by Gasteiger charge is -2.13. The standard InChI is InChI=1S/C27H17BrCl2N4O4/c28-17-6-7-24(20(10-17)23-8-9-32-34(23)19-4-2-1-3-5-19)37-15-25(35)33-31-13-16-14-38-27-21(26(16)36)11-18(29)12-22(27)30/h1-14H,15H2,(H,33,35)/b31-13+. The lowest BCUT2D eigenvalue weighted by molar-refractivity contribution is -0.123. The first kappa shape index (κ1) is 25.7. The normalized spacial score (nSPS) is 11.2. The number of fused-ring (bicyclic) bond motifs is 1. The van der Waals surface area contributed by atoms with Crippen LogP contribution in [0.25, 0.3) is 27.9 Å². The highest BCUT2D eigenvalue weighted by Crippen LogP contribution is 2.34. The fraction of sp³-hybridized carbons (Fsp3) is 0.0370. The smallest absolute Gasteiger partial charge is 0.277 e. The molecule has 5 aromatic rings. The maximum absolute atomic E-state index is 12.7. The second kappa shape index (κ2) is 11.2. The largest absolute Gasteiger partial charge is 0.483 e. The van der Waals surface area contributed by atoms with Crippen LogP contribution in [-0.2, 0) is 4.79 Å². The van der Waals surface area contributed by atoms with Crippen LogP contribution >= 0.6 is 39.1 Å². The molecule has 0 aliphatic carbocycles. The van der Waals surface area contributed by atoms with E-state index in [-0.39, 0.29) is 33.6 Å². The Morgan fingerprint density at radius 3 is 2.76 bits per heavy atom. The molecule has 0 fully saturated rings. The van der Waals surface area contributed by atoms with Crippen LogP contribution in [0.3, 0.4) is 0 Å². The summed E-state index contributed by atoms with van der Waals surface area (Å²) in [7, 11) is 0. The van der Waals surface area contributed by atoms with Crippen LogP contribution in [-0.4, -0.2) is 28.5 Å². The van der Waals surface area contributed by atoms with E-state index in [0.29, 0.717) is 10.8 Å². The number of nitrogens with one attached hydrogen (secondary N) is 1. The summed E-state index contributed by atoms with van der Waals surface area (Å²) >= 11 is 15.6. The fourth-order valence-corrected chi connectivity index (χ4v) is 4.63. The number of nitrogens with zero attached hydrogens (tertiary/aromatic N) is 3. The maximum atomic E-state index is 12.7. The van der Waals surface area contributed by atoms with Crippen LogP contribution in [0, 0.1) is 0 Å². The van der Waals surface area contributed by atoms with Gasteiger partial charge in [0, 0.05) is 15.1 Å². The number of benzene rings is 3. The van der Waals surface area contributed by atoms with E-state index in [9.17, 15) is 9.59 Å². The van der Waals surface area contributed by atoms with Gasteiger partial charge < -0.3 is 9.15 Å². The number of hydrogen-bond acceptors (Lipinski definition) is 6. The summed E-state index contributed by atoms with van der Waals surface area (Å²) in [6.07, 6.45) is 4.09. The van der Waals surface area contributed by atoms with Gasteiger partial charge in [0.05, 0.1) is 39.8 Å². The van der Waals surface area contributed by atoms with E-state index in [4.69, 9.17) is 32.4 Å². The number of amides is 1. The highest BCUT2D eigenvalue weighted by molar-refractivity contribution is 9.10. The van der Waals surface area contributed by atoms with Gasteiger partial charge in [0.25, 0.3) is 5.91 Å². The van der Waals surface area contributed by atoms with Crippen LogP contribution < -0.4 is 15.6 Å². The Morgan fingerprint density at radius 1 is 1.13 bits per heavy atom. The molecule has 11 heteroatoms. The Balaban J connectivity index is 1.30. The topological polar surface area (TPSA) is 98.7 Å². The molecule has 0 aliphatic rings. The number of rotatable bonds is 7. The number of para-hydroxylation sites is 1. The van der Waals surface area contributed by atoms with Gasteiger partial charge in [-0.25, -0.2) is 10.1 Å². The molecule has 0 saturated carbocycles. The summed E-state index contributed by atoms with van der Waals surface area (Å²) in [5, 5.41) is 9.01. The number of hydrogen-bond donors (Lipinski definition) is 1. The summed E-state index contributed by atoms with van der Waals surface area (Å²) in [5.74, 6) is -0.0445. The van der Waals surface area contributed by atoms with Crippen molar-refractivity contribution in [2.75, 3.05) is 6.61 Å². The van der Waals surface area contributed by atoms with Crippen LogP contribution in [0.1, 0.15) is 5.56 Å². The van der Waals surface area contributed by atoms with Crippen molar-refractivity contribution in [1.29, 1.82) is 0 Å². The van der Waals surface area contributed by atoms with Crippen LogP contribution in [0.4, 0.5) is 0 Å². The van der Waals surface area contributed by atoms with Crippen LogP contribution in [0.5, 0.6) is 5.75 Å². The van der Waals surface area contributed by atoms with E-state index in [1.54, 1.807) is 16.9 Å². The minimum atomic E-state index is -0.525. The number of carbonyl (C=O) groups is 1. The minimum absolute atomic E-state index is 0.112. The molecule has 0 aliphatic heterocycles. The predicted octanol–water partition coefficient (Wildman–Crippen LogP) is 6.24. The molecular formula is C27H17BrCl2N4O4. The van der Waals surface area contributed by atoms with Gasteiger partial charge in [-0.3, -0.25) is 9.59 Å². The molecule has 0 saturated heterocycles. The van der Waals surface area contributed by atoms with Crippen LogP contribution in [0.15, 0.2) is 98.0 Å². The lowest BCUT2D eigenvalue weighted by Crippen LogP contribution is -2.25. The summed E-state index contributed by atoms with van der Waals surface area (Å²) in [5.41, 5.74) is 4.70. The Hall–Kier alpha value is -3.92. The zero-order valence-corrected chi connectivity index (χ0v) is 22.5. The molecule has 0 atom stereocenters.